The Labute approximate surface area is 222 Å². The van der Waals surface area contributed by atoms with E-state index in [1.54, 1.807) is 42.6 Å². The smallest absolute Gasteiger partial charge is 0.264 e. The van der Waals surface area contributed by atoms with E-state index < -0.39 is 21.3 Å². The van der Waals surface area contributed by atoms with Crippen LogP contribution < -0.4 is 14.2 Å². The highest BCUT2D eigenvalue weighted by molar-refractivity contribution is 7.90. The molecule has 0 unspecified atom stereocenters. The number of fused-ring (bicyclic) bond motifs is 1. The van der Waals surface area contributed by atoms with Gasteiger partial charge in [0.2, 0.25) is 11.8 Å². The number of amides is 1. The first-order valence-corrected chi connectivity index (χ1v) is 13.9. The zero-order valence-electron chi connectivity index (χ0n) is 21.7. The first kappa shape index (κ1) is 25.7. The molecule has 1 N–H and O–H groups in total. The van der Waals surface area contributed by atoms with E-state index in [1.807, 2.05) is 39.0 Å². The minimum Gasteiger partial charge on any atom is -0.496 e. The standard InChI is InChI=1S/C29H29N3O5S/c1-5-37-27-20(8-7-15-30-27)23-17-29(23,22-16-18(2)11-14-25(22)36-4)28(33)32-38(34,35)26-10-6-9-24-21(26)13-12-19(3)31-24/h6-16,23H,5,17H2,1-4H3,(H,32,33)/t23-,29-/m1/s1. The number of sulfonamides is 1. The highest BCUT2D eigenvalue weighted by Gasteiger charge is 2.64. The molecule has 1 amide bonds. The van der Waals surface area contributed by atoms with Crippen molar-refractivity contribution in [3.63, 3.8) is 0 Å². The molecular weight excluding hydrogens is 502 g/mol. The van der Waals surface area contributed by atoms with Gasteiger partial charge in [-0.05, 0) is 63.6 Å². The van der Waals surface area contributed by atoms with E-state index in [-0.39, 0.29) is 10.8 Å². The van der Waals surface area contributed by atoms with Crippen molar-refractivity contribution in [2.45, 2.75) is 43.4 Å². The highest BCUT2D eigenvalue weighted by atomic mass is 32.2. The van der Waals surface area contributed by atoms with Gasteiger partial charge in [-0.25, -0.2) is 18.1 Å². The maximum absolute atomic E-state index is 14.1. The lowest BCUT2D eigenvalue weighted by Gasteiger charge is -2.22. The number of ether oxygens (including phenoxy) is 2. The van der Waals surface area contributed by atoms with Crippen molar-refractivity contribution in [2.75, 3.05) is 13.7 Å². The quantitative estimate of drug-likeness (QED) is 0.354. The van der Waals surface area contributed by atoms with Crippen molar-refractivity contribution >= 4 is 26.8 Å². The molecule has 0 saturated heterocycles. The molecule has 8 nitrogen and oxygen atoms in total. The molecule has 5 rings (SSSR count). The number of nitrogens with one attached hydrogen (secondary N) is 1. The van der Waals surface area contributed by atoms with Crippen LogP contribution in [0, 0.1) is 13.8 Å². The van der Waals surface area contributed by atoms with Crippen LogP contribution >= 0.6 is 0 Å². The maximum atomic E-state index is 14.1. The molecule has 4 aromatic rings. The predicted octanol–water partition coefficient (Wildman–Crippen LogP) is 4.58. The Kier molecular flexibility index (Phi) is 6.56. The van der Waals surface area contributed by atoms with Gasteiger partial charge in [-0.15, -0.1) is 0 Å². The number of aryl methyl sites for hydroxylation is 2. The molecule has 9 heteroatoms. The molecule has 196 valence electrons. The second-order valence-corrected chi connectivity index (χ2v) is 11.1. The van der Waals surface area contributed by atoms with E-state index in [9.17, 15) is 13.2 Å². The van der Waals surface area contributed by atoms with E-state index in [4.69, 9.17) is 9.47 Å². The summed E-state index contributed by atoms with van der Waals surface area (Å²) in [5.74, 6) is -0.0488. The Balaban J connectivity index is 1.61. The minimum absolute atomic E-state index is 0.00390. The average Bonchev–Trinajstić information content (AvgIpc) is 3.65. The van der Waals surface area contributed by atoms with E-state index in [0.29, 0.717) is 41.1 Å². The molecule has 38 heavy (non-hydrogen) atoms. The Morgan fingerprint density at radius 1 is 1.11 bits per heavy atom. The van der Waals surface area contributed by atoms with Crippen LogP contribution in [-0.2, 0) is 20.2 Å². The van der Waals surface area contributed by atoms with Crippen LogP contribution in [0.25, 0.3) is 10.9 Å². The number of aromatic nitrogens is 2. The summed E-state index contributed by atoms with van der Waals surface area (Å²) >= 11 is 0. The molecule has 2 atom stereocenters. The largest absolute Gasteiger partial charge is 0.496 e. The summed E-state index contributed by atoms with van der Waals surface area (Å²) in [4.78, 5) is 22.9. The van der Waals surface area contributed by atoms with Crippen LogP contribution in [0.3, 0.4) is 0 Å². The molecule has 2 aromatic heterocycles. The van der Waals surface area contributed by atoms with Crippen LogP contribution in [0.15, 0.2) is 71.8 Å². The summed E-state index contributed by atoms with van der Waals surface area (Å²) in [6.07, 6.45) is 2.00. The number of pyridine rings is 2. The van der Waals surface area contributed by atoms with Gasteiger partial charge in [0.15, 0.2) is 0 Å². The van der Waals surface area contributed by atoms with Crippen LogP contribution in [0.2, 0.25) is 0 Å². The Bertz CT molecular complexity index is 1650. The SMILES string of the molecule is CCOc1ncccc1[C@H]1C[C@@]1(C(=O)NS(=O)(=O)c1cccc2nc(C)ccc12)c1cc(C)ccc1OC. The molecule has 1 saturated carbocycles. The molecule has 1 aliphatic carbocycles. The van der Waals surface area contributed by atoms with E-state index in [2.05, 4.69) is 14.7 Å². The average molecular weight is 532 g/mol. The van der Waals surface area contributed by atoms with Gasteiger partial charge < -0.3 is 9.47 Å². The van der Waals surface area contributed by atoms with Crippen molar-refractivity contribution in [3.8, 4) is 11.6 Å². The summed E-state index contributed by atoms with van der Waals surface area (Å²) in [6, 6.07) is 17.5. The molecule has 1 fully saturated rings. The molecule has 0 bridgehead atoms. The van der Waals surface area contributed by atoms with Gasteiger partial charge in [0.25, 0.3) is 10.0 Å². The van der Waals surface area contributed by atoms with Gasteiger partial charge in [-0.3, -0.25) is 9.78 Å². The third-order valence-electron chi connectivity index (χ3n) is 7.01. The second kappa shape index (κ2) is 9.72. The fourth-order valence-corrected chi connectivity index (χ4v) is 6.39. The number of benzene rings is 2. The number of rotatable bonds is 8. The third kappa shape index (κ3) is 4.36. The summed E-state index contributed by atoms with van der Waals surface area (Å²) in [6.45, 7) is 6.03. The monoisotopic (exact) mass is 531 g/mol. The van der Waals surface area contributed by atoms with E-state index in [1.165, 1.54) is 13.2 Å². The minimum atomic E-state index is -4.23. The number of hydrogen-bond acceptors (Lipinski definition) is 7. The van der Waals surface area contributed by atoms with Crippen molar-refractivity contribution in [3.05, 3.63) is 89.2 Å². The summed E-state index contributed by atoms with van der Waals surface area (Å²) < 4.78 is 41.1. The highest BCUT2D eigenvalue weighted by Crippen LogP contribution is 2.63. The molecule has 1 aliphatic rings. The zero-order valence-corrected chi connectivity index (χ0v) is 22.5. The van der Waals surface area contributed by atoms with Gasteiger partial charge in [0.05, 0.1) is 29.5 Å². The van der Waals surface area contributed by atoms with Crippen molar-refractivity contribution in [1.82, 2.24) is 14.7 Å². The van der Waals surface area contributed by atoms with Gasteiger partial charge in [0.1, 0.15) is 5.75 Å². The van der Waals surface area contributed by atoms with E-state index >= 15 is 0 Å². The summed E-state index contributed by atoms with van der Waals surface area (Å²) in [5.41, 5.74) is 2.40. The van der Waals surface area contributed by atoms with E-state index in [0.717, 1.165) is 16.8 Å². The normalized spacial score (nSPS) is 18.7. The Morgan fingerprint density at radius 2 is 1.92 bits per heavy atom. The van der Waals surface area contributed by atoms with Crippen molar-refractivity contribution in [1.29, 1.82) is 0 Å². The molecule has 0 spiro atoms. The number of carbonyl (C=O) groups is 1. The molecule has 0 radical (unpaired) electrons. The summed E-state index contributed by atoms with van der Waals surface area (Å²) in [5, 5.41) is 0.443. The first-order chi connectivity index (χ1) is 18.2. The first-order valence-electron chi connectivity index (χ1n) is 12.4. The van der Waals surface area contributed by atoms with Crippen LogP contribution in [0.1, 0.15) is 41.6 Å². The maximum Gasteiger partial charge on any atom is 0.264 e. The second-order valence-electron chi connectivity index (χ2n) is 9.47. The molecule has 2 heterocycles. The van der Waals surface area contributed by atoms with Crippen molar-refractivity contribution in [2.24, 2.45) is 0 Å². The van der Waals surface area contributed by atoms with Crippen LogP contribution in [0.4, 0.5) is 0 Å². The number of hydrogen-bond donors (Lipinski definition) is 1. The molecule has 0 aliphatic heterocycles. The van der Waals surface area contributed by atoms with Crippen LogP contribution in [-0.4, -0.2) is 38.0 Å². The predicted molar refractivity (Wildman–Crippen MR) is 144 cm³/mol. The Hall–Kier alpha value is -3.98. The lowest BCUT2D eigenvalue weighted by Crippen LogP contribution is -2.40. The zero-order chi connectivity index (χ0) is 27.1. The molecular formula is C29H29N3O5S. The fraction of sp³-hybridized carbons (Fsp3) is 0.276. The number of nitrogens with zero attached hydrogens (tertiary/aromatic N) is 2. The Morgan fingerprint density at radius 3 is 2.68 bits per heavy atom. The fourth-order valence-electron chi connectivity index (χ4n) is 5.14. The molecule has 2 aromatic carbocycles. The lowest BCUT2D eigenvalue weighted by atomic mass is 9.88. The lowest BCUT2D eigenvalue weighted by molar-refractivity contribution is -0.122. The topological polar surface area (TPSA) is 107 Å². The van der Waals surface area contributed by atoms with Crippen molar-refractivity contribution < 1.29 is 22.7 Å². The third-order valence-corrected chi connectivity index (χ3v) is 8.40. The number of carbonyl (C=O) groups excluding carboxylic acids is 1. The van der Waals surface area contributed by atoms with Crippen LogP contribution in [0.5, 0.6) is 11.6 Å². The summed E-state index contributed by atoms with van der Waals surface area (Å²) in [7, 11) is -2.70. The van der Waals surface area contributed by atoms with Gasteiger partial charge in [-0.2, -0.15) is 0 Å². The number of methoxy groups -OCH3 is 1. The van der Waals surface area contributed by atoms with Gasteiger partial charge in [-0.1, -0.05) is 29.8 Å². The van der Waals surface area contributed by atoms with Gasteiger partial charge in [0, 0.05) is 34.3 Å². The van der Waals surface area contributed by atoms with Gasteiger partial charge >= 0.3 is 0 Å².